The Kier molecular flexibility index (Phi) is 51.4. The fourth-order valence-corrected chi connectivity index (χ4v) is 7.73. The van der Waals surface area contributed by atoms with Gasteiger partial charge in [0.15, 0.2) is 0 Å². The van der Waals surface area contributed by atoms with Crippen LogP contribution in [0.2, 0.25) is 0 Å². The number of carbonyl (C=O) groups excluding carboxylic acids is 1. The van der Waals surface area contributed by atoms with E-state index in [9.17, 15) is 15.0 Å². The van der Waals surface area contributed by atoms with Crippen LogP contribution in [0.5, 0.6) is 0 Å². The predicted molar refractivity (Wildman–Crippen MR) is 280 cm³/mol. The summed E-state index contributed by atoms with van der Waals surface area (Å²) in [6.45, 7) is 4.18. The molecule has 3 N–H and O–H groups in total. The number of hydrogen-bond donors (Lipinski definition) is 3. The minimum absolute atomic E-state index is 0.0757. The molecule has 362 valence electrons. The summed E-state index contributed by atoms with van der Waals surface area (Å²) in [6.07, 6.45) is 79.9. The first-order chi connectivity index (χ1) is 31.2. The second-order valence-electron chi connectivity index (χ2n) is 17.9. The fourth-order valence-electron chi connectivity index (χ4n) is 7.73. The summed E-state index contributed by atoms with van der Waals surface area (Å²) in [5.74, 6) is -0.0757. The summed E-state index contributed by atoms with van der Waals surface area (Å²) in [7, 11) is 0. The zero-order valence-electron chi connectivity index (χ0n) is 41.6. The van der Waals surface area contributed by atoms with Crippen molar-refractivity contribution in [2.45, 2.75) is 264 Å². The molecule has 0 saturated heterocycles. The smallest absolute Gasteiger partial charge is 0.220 e. The predicted octanol–water partition coefficient (Wildman–Crippen LogP) is 17.7. The van der Waals surface area contributed by atoms with Gasteiger partial charge in [0.2, 0.25) is 5.91 Å². The average Bonchev–Trinajstić information content (AvgIpc) is 3.29. The summed E-state index contributed by atoms with van der Waals surface area (Å²) >= 11 is 0. The third kappa shape index (κ3) is 50.2. The third-order valence-corrected chi connectivity index (χ3v) is 11.8. The maximum atomic E-state index is 12.4. The molecule has 2 atom stereocenters. The van der Waals surface area contributed by atoms with E-state index in [0.717, 1.165) is 70.6 Å². The van der Waals surface area contributed by atoms with Crippen LogP contribution in [0.1, 0.15) is 251 Å². The van der Waals surface area contributed by atoms with E-state index in [1.807, 2.05) is 6.08 Å². The standard InChI is InChI=1S/C59H103NO3/c1-3-5-7-9-11-13-15-17-19-21-22-23-24-25-26-27-28-29-30-31-32-33-34-35-36-37-38-39-41-43-45-47-49-51-53-55-59(63)60-57(56-61)58(62)54-52-50-48-46-44-42-40-20-18-16-14-12-10-8-6-4-2/h5,7,11,13,17,19,22-23,25-26,28-29,44,46,52,54,57-58,61-62H,3-4,6,8-10,12,14-16,18,20-21,24,27,30-43,45,47-51,53,55-56H2,1-2H3,(H,60,63)/b7-5-,13-11-,19-17-,23-22-,26-25-,29-28-,46-44+,54-52+. The average molecular weight is 874 g/mol. The molecule has 0 aliphatic heterocycles. The van der Waals surface area contributed by atoms with E-state index < -0.39 is 12.1 Å². The van der Waals surface area contributed by atoms with Gasteiger partial charge in [-0.05, 0) is 83.5 Å². The van der Waals surface area contributed by atoms with Crippen LogP contribution in [0.25, 0.3) is 0 Å². The van der Waals surface area contributed by atoms with Crippen molar-refractivity contribution in [2.24, 2.45) is 0 Å². The first-order valence-electron chi connectivity index (χ1n) is 27.0. The molecule has 0 radical (unpaired) electrons. The Bertz CT molecular complexity index is 1170. The highest BCUT2D eigenvalue weighted by Crippen LogP contribution is 2.15. The van der Waals surface area contributed by atoms with Crippen molar-refractivity contribution in [2.75, 3.05) is 6.61 Å². The van der Waals surface area contributed by atoms with Crippen molar-refractivity contribution < 1.29 is 15.0 Å². The van der Waals surface area contributed by atoms with Crippen LogP contribution in [0.4, 0.5) is 0 Å². The molecular weight excluding hydrogens is 771 g/mol. The molecule has 4 nitrogen and oxygen atoms in total. The molecule has 1 amide bonds. The van der Waals surface area contributed by atoms with Crippen molar-refractivity contribution in [3.05, 3.63) is 97.2 Å². The Morgan fingerprint density at radius 2 is 0.714 bits per heavy atom. The molecule has 0 bridgehead atoms. The highest BCUT2D eigenvalue weighted by molar-refractivity contribution is 5.76. The molecule has 0 rings (SSSR count). The van der Waals surface area contributed by atoms with Gasteiger partial charge in [-0.2, -0.15) is 0 Å². The molecular formula is C59H103NO3. The van der Waals surface area contributed by atoms with Crippen LogP contribution in [0, 0.1) is 0 Å². The summed E-state index contributed by atoms with van der Waals surface area (Å²) in [4.78, 5) is 12.4. The Labute approximate surface area is 392 Å². The number of hydrogen-bond acceptors (Lipinski definition) is 3. The van der Waals surface area contributed by atoms with Gasteiger partial charge in [0.25, 0.3) is 0 Å². The number of rotatable bonds is 48. The second-order valence-corrected chi connectivity index (χ2v) is 17.9. The van der Waals surface area contributed by atoms with Crippen molar-refractivity contribution in [1.82, 2.24) is 5.32 Å². The quantitative estimate of drug-likeness (QED) is 0.0421. The fraction of sp³-hybridized carbons (Fsp3) is 0.712. The number of unbranched alkanes of at least 4 members (excludes halogenated alkanes) is 27. The van der Waals surface area contributed by atoms with E-state index in [1.165, 1.54) is 161 Å². The second kappa shape index (κ2) is 53.6. The summed E-state index contributed by atoms with van der Waals surface area (Å²) in [5, 5.41) is 23.1. The zero-order valence-corrected chi connectivity index (χ0v) is 41.6. The van der Waals surface area contributed by atoms with Crippen LogP contribution in [-0.4, -0.2) is 34.9 Å². The zero-order chi connectivity index (χ0) is 45.6. The van der Waals surface area contributed by atoms with Gasteiger partial charge in [-0.15, -0.1) is 0 Å². The van der Waals surface area contributed by atoms with Gasteiger partial charge in [0.05, 0.1) is 18.8 Å². The Balaban J connectivity index is 3.54. The van der Waals surface area contributed by atoms with E-state index in [2.05, 4.69) is 104 Å². The van der Waals surface area contributed by atoms with E-state index in [-0.39, 0.29) is 12.5 Å². The maximum Gasteiger partial charge on any atom is 0.220 e. The highest BCUT2D eigenvalue weighted by atomic mass is 16.3. The lowest BCUT2D eigenvalue weighted by molar-refractivity contribution is -0.123. The van der Waals surface area contributed by atoms with E-state index in [0.29, 0.717) is 6.42 Å². The minimum Gasteiger partial charge on any atom is -0.394 e. The molecule has 0 fully saturated rings. The van der Waals surface area contributed by atoms with Crippen molar-refractivity contribution in [3.8, 4) is 0 Å². The van der Waals surface area contributed by atoms with Gasteiger partial charge in [0.1, 0.15) is 0 Å². The lowest BCUT2D eigenvalue weighted by atomic mass is 10.0. The number of nitrogens with one attached hydrogen (secondary N) is 1. The Morgan fingerprint density at radius 1 is 0.397 bits per heavy atom. The summed E-state index contributed by atoms with van der Waals surface area (Å²) in [5.41, 5.74) is 0. The van der Waals surface area contributed by atoms with Crippen LogP contribution in [0.15, 0.2) is 97.2 Å². The van der Waals surface area contributed by atoms with Gasteiger partial charge < -0.3 is 15.5 Å². The third-order valence-electron chi connectivity index (χ3n) is 11.8. The lowest BCUT2D eigenvalue weighted by Gasteiger charge is -2.19. The lowest BCUT2D eigenvalue weighted by Crippen LogP contribution is -2.45. The monoisotopic (exact) mass is 874 g/mol. The van der Waals surface area contributed by atoms with Crippen LogP contribution >= 0.6 is 0 Å². The molecule has 0 spiro atoms. The van der Waals surface area contributed by atoms with Crippen LogP contribution < -0.4 is 5.32 Å². The van der Waals surface area contributed by atoms with Crippen molar-refractivity contribution in [3.63, 3.8) is 0 Å². The number of allylic oxidation sites excluding steroid dienone is 15. The summed E-state index contributed by atoms with van der Waals surface area (Å²) < 4.78 is 0. The Hall–Kier alpha value is -2.69. The van der Waals surface area contributed by atoms with E-state index in [1.54, 1.807) is 6.08 Å². The highest BCUT2D eigenvalue weighted by Gasteiger charge is 2.17. The molecule has 0 aromatic heterocycles. The van der Waals surface area contributed by atoms with Crippen LogP contribution in [0.3, 0.4) is 0 Å². The van der Waals surface area contributed by atoms with Crippen LogP contribution in [-0.2, 0) is 4.79 Å². The first-order valence-corrected chi connectivity index (χ1v) is 27.0. The minimum atomic E-state index is -0.866. The number of aliphatic hydroxyl groups is 2. The summed E-state index contributed by atoms with van der Waals surface area (Å²) in [6, 6.07) is -0.643. The van der Waals surface area contributed by atoms with Gasteiger partial charge in [-0.3, -0.25) is 4.79 Å². The SMILES string of the molecule is CC/C=C\C/C=C\C/C=C\C/C=C\C/C=C\C/C=C\CCCCCCCCCCCCCCCCCCC(=O)NC(CO)C(O)/C=C/CC/C=C/CCCCCCCCCCCC. The van der Waals surface area contributed by atoms with Crippen molar-refractivity contribution in [1.29, 1.82) is 0 Å². The molecule has 63 heavy (non-hydrogen) atoms. The number of amides is 1. The molecule has 2 unspecified atom stereocenters. The molecule has 0 saturated carbocycles. The van der Waals surface area contributed by atoms with Gasteiger partial charge in [0, 0.05) is 6.42 Å². The normalized spacial score (nSPS) is 13.7. The van der Waals surface area contributed by atoms with Gasteiger partial charge in [-0.1, -0.05) is 259 Å². The number of aliphatic hydroxyl groups excluding tert-OH is 2. The van der Waals surface area contributed by atoms with Gasteiger partial charge >= 0.3 is 0 Å². The molecule has 0 aromatic rings. The topological polar surface area (TPSA) is 69.6 Å². The molecule has 4 heteroatoms. The van der Waals surface area contributed by atoms with E-state index >= 15 is 0 Å². The van der Waals surface area contributed by atoms with E-state index in [4.69, 9.17) is 0 Å². The largest absolute Gasteiger partial charge is 0.394 e. The molecule has 0 aromatic carbocycles. The molecule has 0 aliphatic carbocycles. The molecule has 0 heterocycles. The first kappa shape index (κ1) is 60.3. The number of carbonyl (C=O) groups is 1. The van der Waals surface area contributed by atoms with Gasteiger partial charge in [-0.25, -0.2) is 0 Å². The Morgan fingerprint density at radius 3 is 1.11 bits per heavy atom. The molecule has 0 aliphatic rings. The van der Waals surface area contributed by atoms with Crippen molar-refractivity contribution >= 4 is 5.91 Å². The maximum absolute atomic E-state index is 12.4.